The summed E-state index contributed by atoms with van der Waals surface area (Å²) in [4.78, 5) is 0. The summed E-state index contributed by atoms with van der Waals surface area (Å²) in [5.41, 5.74) is -1.16. The van der Waals surface area contributed by atoms with Crippen molar-refractivity contribution in [1.29, 1.82) is 0 Å². The molecule has 0 N–H and O–H groups in total. The van der Waals surface area contributed by atoms with Crippen molar-refractivity contribution < 1.29 is 17.6 Å². The second-order valence-electron chi connectivity index (χ2n) is 3.66. The highest BCUT2D eigenvalue weighted by Gasteiger charge is 2.37. The lowest BCUT2D eigenvalue weighted by Gasteiger charge is -2.12. The fourth-order valence-corrected chi connectivity index (χ4v) is 1.82. The predicted molar refractivity (Wildman–Crippen MR) is 58.3 cm³/mol. The van der Waals surface area contributed by atoms with Gasteiger partial charge in [0.05, 0.1) is 11.9 Å². The van der Waals surface area contributed by atoms with E-state index < -0.39 is 22.7 Å². The summed E-state index contributed by atoms with van der Waals surface area (Å²) in [7, 11) is 0. The molecule has 0 radical (unpaired) electrons. The summed E-state index contributed by atoms with van der Waals surface area (Å²) in [6.45, 7) is 1.28. The van der Waals surface area contributed by atoms with E-state index in [0.717, 1.165) is 12.3 Å². The highest BCUT2D eigenvalue weighted by atomic mass is 35.5. The van der Waals surface area contributed by atoms with Crippen molar-refractivity contribution in [3.05, 3.63) is 46.5 Å². The number of aromatic nitrogens is 2. The Morgan fingerprint density at radius 2 is 1.94 bits per heavy atom. The second-order valence-corrected chi connectivity index (χ2v) is 4.04. The molecule has 7 heteroatoms. The minimum absolute atomic E-state index is 0.0529. The van der Waals surface area contributed by atoms with Crippen LogP contribution in [0.3, 0.4) is 0 Å². The monoisotopic (exact) mass is 278 g/mol. The first-order valence-corrected chi connectivity index (χ1v) is 5.26. The molecule has 2 aromatic rings. The van der Waals surface area contributed by atoms with Gasteiger partial charge in [-0.1, -0.05) is 17.7 Å². The summed E-state index contributed by atoms with van der Waals surface area (Å²) in [6.07, 6.45) is -3.53. The smallest absolute Gasteiger partial charge is 0.227 e. The van der Waals surface area contributed by atoms with Crippen LogP contribution in [0.1, 0.15) is 11.3 Å². The van der Waals surface area contributed by atoms with Gasteiger partial charge in [-0.15, -0.1) is 0 Å². The van der Waals surface area contributed by atoms with Gasteiger partial charge in [-0.2, -0.15) is 18.3 Å². The van der Waals surface area contributed by atoms with E-state index in [-0.39, 0.29) is 11.3 Å². The zero-order valence-electron chi connectivity index (χ0n) is 9.09. The molecule has 0 aliphatic heterocycles. The topological polar surface area (TPSA) is 17.8 Å². The molecule has 0 unspecified atom stereocenters. The van der Waals surface area contributed by atoms with Crippen LogP contribution in [0.2, 0.25) is 5.02 Å². The van der Waals surface area contributed by atoms with Gasteiger partial charge in [0.25, 0.3) is 0 Å². The first-order chi connectivity index (χ1) is 8.32. The molecular formula is C11H7ClF4N2. The van der Waals surface area contributed by atoms with Crippen LogP contribution in [0, 0.1) is 12.7 Å². The lowest BCUT2D eigenvalue weighted by molar-refractivity contribution is -0.143. The molecule has 1 aromatic carbocycles. The lowest BCUT2D eigenvalue weighted by atomic mass is 10.2. The van der Waals surface area contributed by atoms with Gasteiger partial charge >= 0.3 is 6.18 Å². The van der Waals surface area contributed by atoms with Gasteiger partial charge in [0.15, 0.2) is 5.69 Å². The van der Waals surface area contributed by atoms with Crippen LogP contribution in [0.5, 0.6) is 0 Å². The van der Waals surface area contributed by atoms with Crippen molar-refractivity contribution in [3.8, 4) is 5.69 Å². The average Bonchev–Trinajstić information content (AvgIpc) is 2.64. The van der Waals surface area contributed by atoms with Crippen molar-refractivity contribution >= 4 is 11.6 Å². The number of hydrogen-bond acceptors (Lipinski definition) is 1. The quantitative estimate of drug-likeness (QED) is 0.721. The molecule has 0 saturated heterocycles. The molecule has 18 heavy (non-hydrogen) atoms. The number of halogens is 5. The zero-order chi connectivity index (χ0) is 13.5. The van der Waals surface area contributed by atoms with Crippen LogP contribution in [-0.4, -0.2) is 9.78 Å². The Bertz CT molecular complexity index is 589. The van der Waals surface area contributed by atoms with Gasteiger partial charge in [-0.05, 0) is 24.6 Å². The van der Waals surface area contributed by atoms with Crippen LogP contribution >= 0.6 is 11.6 Å². The molecular weight excluding hydrogens is 272 g/mol. The summed E-state index contributed by atoms with van der Waals surface area (Å²) >= 11 is 5.66. The summed E-state index contributed by atoms with van der Waals surface area (Å²) in [5.74, 6) is -0.796. The van der Waals surface area contributed by atoms with E-state index in [1.165, 1.54) is 19.1 Å². The SMILES string of the molecule is Cc1cnn(-c2cccc(F)c2Cl)c1C(F)(F)F. The third-order valence-corrected chi connectivity index (χ3v) is 2.75. The van der Waals surface area contributed by atoms with E-state index in [4.69, 9.17) is 11.6 Å². The number of aryl methyl sites for hydroxylation is 1. The molecule has 0 bridgehead atoms. The zero-order valence-corrected chi connectivity index (χ0v) is 9.85. The van der Waals surface area contributed by atoms with Crippen LogP contribution in [-0.2, 0) is 6.18 Å². The average molecular weight is 279 g/mol. The van der Waals surface area contributed by atoms with Gasteiger partial charge in [-0.3, -0.25) is 0 Å². The highest BCUT2D eigenvalue weighted by Crippen LogP contribution is 2.35. The van der Waals surface area contributed by atoms with Gasteiger partial charge in [0, 0.05) is 0 Å². The Kier molecular flexibility index (Phi) is 3.06. The Labute approximate surface area is 105 Å². The van der Waals surface area contributed by atoms with Crippen molar-refractivity contribution in [2.24, 2.45) is 0 Å². The van der Waals surface area contributed by atoms with Crippen molar-refractivity contribution in [1.82, 2.24) is 9.78 Å². The normalized spacial score (nSPS) is 11.9. The van der Waals surface area contributed by atoms with Crippen molar-refractivity contribution in [2.45, 2.75) is 13.1 Å². The summed E-state index contributed by atoms with van der Waals surface area (Å²) in [5, 5.41) is 3.20. The maximum Gasteiger partial charge on any atom is 0.433 e. The molecule has 0 saturated carbocycles. The van der Waals surface area contributed by atoms with E-state index in [2.05, 4.69) is 5.10 Å². The van der Waals surface area contributed by atoms with E-state index in [0.29, 0.717) is 4.68 Å². The molecule has 0 atom stereocenters. The third kappa shape index (κ3) is 2.08. The van der Waals surface area contributed by atoms with Crippen molar-refractivity contribution in [3.63, 3.8) is 0 Å². The fourth-order valence-electron chi connectivity index (χ4n) is 1.61. The number of rotatable bonds is 1. The van der Waals surface area contributed by atoms with E-state index in [1.807, 2.05) is 0 Å². The number of nitrogens with zero attached hydrogens (tertiary/aromatic N) is 2. The van der Waals surface area contributed by atoms with E-state index >= 15 is 0 Å². The molecule has 0 spiro atoms. The Morgan fingerprint density at radius 1 is 1.28 bits per heavy atom. The Balaban J connectivity index is 2.70. The molecule has 96 valence electrons. The van der Waals surface area contributed by atoms with E-state index in [1.54, 1.807) is 0 Å². The minimum atomic E-state index is -4.59. The number of benzene rings is 1. The third-order valence-electron chi connectivity index (χ3n) is 2.38. The molecule has 0 amide bonds. The Morgan fingerprint density at radius 3 is 2.56 bits per heavy atom. The molecule has 0 aliphatic carbocycles. The van der Waals surface area contributed by atoms with Crippen LogP contribution < -0.4 is 0 Å². The lowest BCUT2D eigenvalue weighted by Crippen LogP contribution is -2.15. The van der Waals surface area contributed by atoms with Gasteiger partial charge < -0.3 is 0 Å². The molecule has 2 nitrogen and oxygen atoms in total. The second kappa shape index (κ2) is 4.28. The van der Waals surface area contributed by atoms with Crippen molar-refractivity contribution in [2.75, 3.05) is 0 Å². The highest BCUT2D eigenvalue weighted by molar-refractivity contribution is 6.32. The van der Waals surface area contributed by atoms with Gasteiger partial charge in [0.2, 0.25) is 0 Å². The largest absolute Gasteiger partial charge is 0.433 e. The minimum Gasteiger partial charge on any atom is -0.227 e. The van der Waals surface area contributed by atoms with E-state index in [9.17, 15) is 17.6 Å². The number of alkyl halides is 3. The fraction of sp³-hybridized carbons (Fsp3) is 0.182. The molecule has 1 heterocycles. The summed E-state index contributed by atoms with van der Waals surface area (Å²) < 4.78 is 52.4. The van der Waals surface area contributed by atoms with Gasteiger partial charge in [-0.25, -0.2) is 9.07 Å². The first-order valence-electron chi connectivity index (χ1n) is 4.88. The van der Waals surface area contributed by atoms with Crippen LogP contribution in [0.4, 0.5) is 17.6 Å². The molecule has 0 aliphatic rings. The maximum atomic E-state index is 13.2. The number of hydrogen-bond donors (Lipinski definition) is 0. The van der Waals surface area contributed by atoms with Crippen LogP contribution in [0.15, 0.2) is 24.4 Å². The first kappa shape index (κ1) is 12.9. The molecule has 1 aromatic heterocycles. The predicted octanol–water partition coefficient (Wildman–Crippen LogP) is 3.99. The molecule has 0 fully saturated rings. The summed E-state index contributed by atoms with van der Waals surface area (Å²) in [6, 6.07) is 3.61. The maximum absolute atomic E-state index is 13.2. The Hall–Kier alpha value is -1.56. The van der Waals surface area contributed by atoms with Gasteiger partial charge in [0.1, 0.15) is 10.8 Å². The van der Waals surface area contributed by atoms with Crippen LogP contribution in [0.25, 0.3) is 5.69 Å². The standard InChI is InChI=1S/C11H7ClF4N2/c1-6-5-17-18(10(6)11(14,15)16)8-4-2-3-7(13)9(8)12/h2-5H,1H3. The molecule has 2 rings (SSSR count).